The molecule has 0 radical (unpaired) electrons. The first kappa shape index (κ1) is 12.2. The van der Waals surface area contributed by atoms with Crippen LogP contribution in [0.3, 0.4) is 0 Å². The molecular formula is C16H9ClN2O2. The van der Waals surface area contributed by atoms with Crippen LogP contribution in [0.2, 0.25) is 5.02 Å². The van der Waals surface area contributed by atoms with Gasteiger partial charge in [0.05, 0.1) is 22.1 Å². The molecule has 2 heterocycles. The van der Waals surface area contributed by atoms with Gasteiger partial charge in [0, 0.05) is 21.3 Å². The maximum atomic E-state index is 11.7. The molecule has 102 valence electrons. The van der Waals surface area contributed by atoms with Crippen LogP contribution < -0.4 is 0 Å². The second-order valence-electron chi connectivity index (χ2n) is 4.85. The summed E-state index contributed by atoms with van der Waals surface area (Å²) in [6.45, 7) is 0. The highest BCUT2D eigenvalue weighted by Crippen LogP contribution is 2.31. The first-order valence-corrected chi connectivity index (χ1v) is 6.76. The van der Waals surface area contributed by atoms with Crippen molar-refractivity contribution in [2.24, 2.45) is 0 Å². The molecule has 2 aromatic carbocycles. The first-order chi connectivity index (χ1) is 10.1. The quantitative estimate of drug-likeness (QED) is 0.552. The number of benzene rings is 2. The number of nitrogens with one attached hydrogen (secondary N) is 1. The van der Waals surface area contributed by atoms with Crippen LogP contribution in [-0.4, -0.2) is 21.0 Å². The minimum Gasteiger partial charge on any atom is -0.478 e. The number of aromatic carboxylic acids is 1. The lowest BCUT2D eigenvalue weighted by Crippen LogP contribution is -2.00. The Morgan fingerprint density at radius 2 is 1.95 bits per heavy atom. The number of pyridine rings is 1. The zero-order chi connectivity index (χ0) is 14.6. The highest BCUT2D eigenvalue weighted by atomic mass is 35.5. The number of halogens is 1. The fourth-order valence-corrected chi connectivity index (χ4v) is 2.88. The molecule has 0 saturated heterocycles. The van der Waals surface area contributed by atoms with Crippen LogP contribution in [0.15, 0.2) is 42.5 Å². The topological polar surface area (TPSA) is 66.0 Å². The summed E-state index contributed by atoms with van der Waals surface area (Å²) in [4.78, 5) is 19.5. The second kappa shape index (κ2) is 4.20. The number of rotatable bonds is 1. The fraction of sp³-hybridized carbons (Fsp3) is 0. The summed E-state index contributed by atoms with van der Waals surface area (Å²) in [6.07, 6.45) is 0. The van der Waals surface area contributed by atoms with E-state index < -0.39 is 5.97 Å². The summed E-state index contributed by atoms with van der Waals surface area (Å²) in [5, 5.41) is 11.6. The summed E-state index contributed by atoms with van der Waals surface area (Å²) in [5.41, 5.74) is 2.86. The van der Waals surface area contributed by atoms with Gasteiger partial charge in [0.15, 0.2) is 0 Å². The van der Waals surface area contributed by atoms with Gasteiger partial charge in [0.2, 0.25) is 0 Å². The molecule has 0 amide bonds. The molecule has 0 bridgehead atoms. The zero-order valence-corrected chi connectivity index (χ0v) is 11.5. The van der Waals surface area contributed by atoms with Gasteiger partial charge in [0.1, 0.15) is 0 Å². The van der Waals surface area contributed by atoms with E-state index in [1.807, 2.05) is 24.3 Å². The van der Waals surface area contributed by atoms with Crippen LogP contribution in [0.25, 0.3) is 32.8 Å². The maximum absolute atomic E-state index is 11.7. The molecule has 4 nitrogen and oxygen atoms in total. The van der Waals surface area contributed by atoms with Crippen molar-refractivity contribution >= 4 is 50.4 Å². The molecular weight excluding hydrogens is 288 g/mol. The summed E-state index contributed by atoms with van der Waals surface area (Å²) in [7, 11) is 0. The predicted molar refractivity (Wildman–Crippen MR) is 83.1 cm³/mol. The van der Waals surface area contributed by atoms with Gasteiger partial charge < -0.3 is 10.1 Å². The Kier molecular flexibility index (Phi) is 2.43. The van der Waals surface area contributed by atoms with Crippen LogP contribution in [0.4, 0.5) is 0 Å². The number of H-pyrrole nitrogens is 1. The molecule has 2 N–H and O–H groups in total. The number of fused-ring (bicyclic) bond motifs is 4. The molecule has 2 aromatic heterocycles. The largest absolute Gasteiger partial charge is 0.478 e. The molecule has 21 heavy (non-hydrogen) atoms. The van der Waals surface area contributed by atoms with E-state index in [2.05, 4.69) is 9.97 Å². The van der Waals surface area contributed by atoms with E-state index in [4.69, 9.17) is 11.6 Å². The lowest BCUT2D eigenvalue weighted by Gasteiger charge is -2.04. The Bertz CT molecular complexity index is 1040. The van der Waals surface area contributed by atoms with E-state index in [1.165, 1.54) is 0 Å². The Hall–Kier alpha value is -2.59. The molecule has 0 aliphatic carbocycles. The molecule has 0 saturated carbocycles. The third kappa shape index (κ3) is 1.69. The smallest absolute Gasteiger partial charge is 0.338 e. The monoisotopic (exact) mass is 296 g/mol. The van der Waals surface area contributed by atoms with E-state index in [0.717, 1.165) is 10.9 Å². The maximum Gasteiger partial charge on any atom is 0.338 e. The number of hydrogen-bond acceptors (Lipinski definition) is 2. The molecule has 4 rings (SSSR count). The van der Waals surface area contributed by atoms with Crippen molar-refractivity contribution in [3.05, 3.63) is 53.1 Å². The summed E-state index contributed by atoms with van der Waals surface area (Å²) in [5.74, 6) is -0.985. The van der Waals surface area contributed by atoms with Crippen LogP contribution in [0, 0.1) is 0 Å². The third-order valence-corrected chi connectivity index (χ3v) is 3.84. The first-order valence-electron chi connectivity index (χ1n) is 6.38. The Morgan fingerprint density at radius 3 is 2.76 bits per heavy atom. The second-order valence-corrected chi connectivity index (χ2v) is 5.28. The van der Waals surface area contributed by atoms with Gasteiger partial charge in [-0.15, -0.1) is 0 Å². The average molecular weight is 297 g/mol. The SMILES string of the molecule is O=C(O)c1c2ccc(Cl)cc2nc2c1[nH]c1ccccc12. The molecule has 0 unspecified atom stereocenters. The van der Waals surface area contributed by atoms with Gasteiger partial charge in [-0.1, -0.05) is 35.9 Å². The minimum absolute atomic E-state index is 0.225. The number of carbonyl (C=O) groups is 1. The number of carboxylic acids is 1. The van der Waals surface area contributed by atoms with Crippen LogP contribution >= 0.6 is 11.6 Å². The number of hydrogen-bond donors (Lipinski definition) is 2. The average Bonchev–Trinajstić information content (AvgIpc) is 2.82. The normalized spacial score (nSPS) is 11.5. The van der Waals surface area contributed by atoms with Crippen molar-refractivity contribution < 1.29 is 9.90 Å². The van der Waals surface area contributed by atoms with Crippen LogP contribution in [0.5, 0.6) is 0 Å². The fourth-order valence-electron chi connectivity index (χ4n) is 2.71. The number of para-hydroxylation sites is 1. The van der Waals surface area contributed by atoms with Crippen LogP contribution in [0.1, 0.15) is 10.4 Å². The highest BCUT2D eigenvalue weighted by Gasteiger charge is 2.18. The van der Waals surface area contributed by atoms with Gasteiger partial charge in [-0.25, -0.2) is 9.78 Å². The van der Waals surface area contributed by atoms with Crippen molar-refractivity contribution in [2.75, 3.05) is 0 Å². The van der Waals surface area contributed by atoms with E-state index in [-0.39, 0.29) is 5.56 Å². The summed E-state index contributed by atoms with van der Waals surface area (Å²) >= 11 is 6.00. The molecule has 0 aliphatic rings. The number of aromatic nitrogens is 2. The Balaban J connectivity index is 2.32. The van der Waals surface area contributed by atoms with Gasteiger partial charge in [-0.05, 0) is 18.2 Å². The summed E-state index contributed by atoms with van der Waals surface area (Å²) in [6, 6.07) is 12.7. The van der Waals surface area contributed by atoms with Gasteiger partial charge in [-0.3, -0.25) is 0 Å². The Labute approximate surface area is 124 Å². The van der Waals surface area contributed by atoms with E-state index in [1.54, 1.807) is 18.2 Å². The van der Waals surface area contributed by atoms with Crippen molar-refractivity contribution in [2.45, 2.75) is 0 Å². The molecule has 0 spiro atoms. The number of carboxylic acid groups (broad SMARTS) is 1. The standard InChI is InChI=1S/C16H9ClN2O2/c17-8-5-6-9-12(7-8)19-14-10-3-1-2-4-11(10)18-15(14)13(9)16(20)21/h1-7,18H,(H,20,21). The summed E-state index contributed by atoms with van der Waals surface area (Å²) < 4.78 is 0. The molecule has 5 heteroatoms. The Morgan fingerprint density at radius 1 is 1.14 bits per heavy atom. The lowest BCUT2D eigenvalue weighted by atomic mass is 10.1. The van der Waals surface area contributed by atoms with Gasteiger partial charge >= 0.3 is 5.97 Å². The highest BCUT2D eigenvalue weighted by molar-refractivity contribution is 6.31. The van der Waals surface area contributed by atoms with E-state index >= 15 is 0 Å². The van der Waals surface area contributed by atoms with Gasteiger partial charge in [0.25, 0.3) is 0 Å². The lowest BCUT2D eigenvalue weighted by molar-refractivity contribution is 0.0701. The van der Waals surface area contributed by atoms with Gasteiger partial charge in [-0.2, -0.15) is 0 Å². The van der Waals surface area contributed by atoms with Crippen molar-refractivity contribution in [3.8, 4) is 0 Å². The van der Waals surface area contributed by atoms with Crippen LogP contribution in [-0.2, 0) is 0 Å². The molecule has 4 aromatic rings. The number of aromatic amines is 1. The molecule has 0 atom stereocenters. The van der Waals surface area contributed by atoms with E-state index in [9.17, 15) is 9.90 Å². The van der Waals surface area contributed by atoms with Crippen molar-refractivity contribution in [3.63, 3.8) is 0 Å². The third-order valence-electron chi connectivity index (χ3n) is 3.60. The molecule has 0 fully saturated rings. The number of nitrogens with zero attached hydrogens (tertiary/aromatic N) is 1. The minimum atomic E-state index is -0.985. The van der Waals surface area contributed by atoms with E-state index in [0.29, 0.717) is 27.0 Å². The van der Waals surface area contributed by atoms with Crippen molar-refractivity contribution in [1.82, 2.24) is 9.97 Å². The zero-order valence-electron chi connectivity index (χ0n) is 10.7. The van der Waals surface area contributed by atoms with Crippen molar-refractivity contribution in [1.29, 1.82) is 0 Å². The molecule has 0 aliphatic heterocycles. The predicted octanol–water partition coefficient (Wildman–Crippen LogP) is 4.22.